The first kappa shape index (κ1) is 12.6. The summed E-state index contributed by atoms with van der Waals surface area (Å²) in [7, 11) is 1.97. The van der Waals surface area contributed by atoms with E-state index in [9.17, 15) is 4.79 Å². The van der Waals surface area contributed by atoms with E-state index in [-0.39, 0.29) is 11.8 Å². The van der Waals surface area contributed by atoms with Crippen LogP contribution < -0.4 is 5.32 Å². The van der Waals surface area contributed by atoms with E-state index in [0.717, 1.165) is 17.2 Å². The number of amides is 1. The smallest absolute Gasteiger partial charge is 0.219 e. The molecule has 2 aromatic heterocycles. The van der Waals surface area contributed by atoms with Crippen molar-refractivity contribution >= 4 is 11.6 Å². The van der Waals surface area contributed by atoms with Crippen LogP contribution in [0.3, 0.4) is 0 Å². The first-order valence-corrected chi connectivity index (χ1v) is 6.19. The molecular formula is C12H19N5O. The van der Waals surface area contributed by atoms with Gasteiger partial charge in [-0.2, -0.15) is 5.10 Å². The molecule has 6 heteroatoms. The summed E-state index contributed by atoms with van der Waals surface area (Å²) >= 11 is 0. The van der Waals surface area contributed by atoms with E-state index in [1.165, 1.54) is 0 Å². The van der Waals surface area contributed by atoms with Crippen LogP contribution in [0.5, 0.6) is 0 Å². The van der Waals surface area contributed by atoms with Gasteiger partial charge in [-0.1, -0.05) is 13.8 Å². The third-order valence-electron chi connectivity index (χ3n) is 3.05. The lowest BCUT2D eigenvalue weighted by atomic mass is 10.1. The van der Waals surface area contributed by atoms with Crippen LogP contribution in [0.2, 0.25) is 0 Å². The average molecular weight is 249 g/mol. The fourth-order valence-electron chi connectivity index (χ4n) is 1.97. The predicted octanol–water partition coefficient (Wildman–Crippen LogP) is 1.01. The minimum Gasteiger partial charge on any atom is -0.355 e. The minimum atomic E-state index is 0.0664. The van der Waals surface area contributed by atoms with Crippen LogP contribution in [0.4, 0.5) is 0 Å². The van der Waals surface area contributed by atoms with Crippen molar-refractivity contribution < 1.29 is 4.79 Å². The Kier molecular flexibility index (Phi) is 3.36. The van der Waals surface area contributed by atoms with Crippen molar-refractivity contribution in [2.45, 2.75) is 33.1 Å². The van der Waals surface area contributed by atoms with Crippen LogP contribution in [0, 0.1) is 6.92 Å². The second-order valence-electron chi connectivity index (χ2n) is 4.61. The molecule has 1 amide bonds. The first-order chi connectivity index (χ1) is 8.52. The topological polar surface area (TPSA) is 64.2 Å². The molecule has 98 valence electrons. The fourth-order valence-corrected chi connectivity index (χ4v) is 1.97. The monoisotopic (exact) mass is 249 g/mol. The Labute approximate surface area is 106 Å². The lowest BCUT2D eigenvalue weighted by Crippen LogP contribution is -2.27. The second-order valence-corrected chi connectivity index (χ2v) is 4.61. The van der Waals surface area contributed by atoms with Crippen molar-refractivity contribution in [1.29, 1.82) is 0 Å². The van der Waals surface area contributed by atoms with Gasteiger partial charge >= 0.3 is 0 Å². The van der Waals surface area contributed by atoms with Gasteiger partial charge in [-0.25, -0.2) is 0 Å². The van der Waals surface area contributed by atoms with Crippen molar-refractivity contribution in [2.24, 2.45) is 7.05 Å². The molecule has 0 aromatic carbocycles. The van der Waals surface area contributed by atoms with Gasteiger partial charge in [0.1, 0.15) is 5.82 Å². The van der Waals surface area contributed by atoms with E-state index in [2.05, 4.69) is 15.5 Å². The van der Waals surface area contributed by atoms with Gasteiger partial charge in [-0.05, 0) is 6.92 Å². The molecule has 2 rings (SSSR count). The SMILES string of the molecule is CCC(=O)NCC(C)c1nn2nc(C)cc2n1C. The molecule has 0 saturated heterocycles. The second kappa shape index (κ2) is 4.80. The molecule has 0 aliphatic rings. The lowest BCUT2D eigenvalue weighted by Gasteiger charge is -2.11. The summed E-state index contributed by atoms with van der Waals surface area (Å²) in [5, 5.41) is 11.6. The Balaban J connectivity index is 2.17. The van der Waals surface area contributed by atoms with Crippen molar-refractivity contribution in [3.8, 4) is 0 Å². The molecule has 2 aromatic rings. The molecular weight excluding hydrogens is 230 g/mol. The highest BCUT2D eigenvalue weighted by Gasteiger charge is 2.16. The summed E-state index contributed by atoms with van der Waals surface area (Å²) in [4.78, 5) is 11.2. The van der Waals surface area contributed by atoms with E-state index in [0.29, 0.717) is 13.0 Å². The summed E-state index contributed by atoms with van der Waals surface area (Å²) < 4.78 is 3.66. The van der Waals surface area contributed by atoms with Gasteiger partial charge in [-0.15, -0.1) is 9.73 Å². The highest BCUT2D eigenvalue weighted by atomic mass is 16.1. The summed E-state index contributed by atoms with van der Waals surface area (Å²) in [5.74, 6) is 1.15. The van der Waals surface area contributed by atoms with Gasteiger partial charge in [-0.3, -0.25) is 4.79 Å². The minimum absolute atomic E-state index is 0.0664. The summed E-state index contributed by atoms with van der Waals surface area (Å²) in [6.07, 6.45) is 0.510. The molecule has 0 bridgehead atoms. The molecule has 0 fully saturated rings. The van der Waals surface area contributed by atoms with Gasteiger partial charge in [0.25, 0.3) is 0 Å². The standard InChI is InChI=1S/C12H19N5O/c1-5-10(18)13-7-8(2)12-15-17-11(16(12)4)6-9(3)14-17/h6,8H,5,7H2,1-4H3,(H,13,18). The van der Waals surface area contributed by atoms with Crippen LogP contribution in [0.25, 0.3) is 5.65 Å². The first-order valence-electron chi connectivity index (χ1n) is 6.19. The van der Waals surface area contributed by atoms with Crippen molar-refractivity contribution in [2.75, 3.05) is 6.54 Å². The number of fused-ring (bicyclic) bond motifs is 1. The van der Waals surface area contributed by atoms with Crippen molar-refractivity contribution in [3.05, 3.63) is 17.6 Å². The largest absolute Gasteiger partial charge is 0.355 e. The van der Waals surface area contributed by atoms with Crippen LogP contribution in [-0.4, -0.2) is 31.8 Å². The maximum atomic E-state index is 11.2. The van der Waals surface area contributed by atoms with Crippen LogP contribution in [-0.2, 0) is 11.8 Å². The number of rotatable bonds is 4. The van der Waals surface area contributed by atoms with Crippen LogP contribution >= 0.6 is 0 Å². The lowest BCUT2D eigenvalue weighted by molar-refractivity contribution is -0.120. The molecule has 1 unspecified atom stereocenters. The third-order valence-corrected chi connectivity index (χ3v) is 3.05. The maximum Gasteiger partial charge on any atom is 0.219 e. The highest BCUT2D eigenvalue weighted by Crippen LogP contribution is 2.15. The van der Waals surface area contributed by atoms with Crippen molar-refractivity contribution in [1.82, 2.24) is 24.7 Å². The number of nitrogens with one attached hydrogen (secondary N) is 1. The Bertz CT molecular complexity index is 568. The Hall–Kier alpha value is -1.85. The molecule has 6 nitrogen and oxygen atoms in total. The van der Waals surface area contributed by atoms with E-state index in [4.69, 9.17) is 0 Å². The van der Waals surface area contributed by atoms with E-state index >= 15 is 0 Å². The average Bonchev–Trinajstić information content (AvgIpc) is 2.84. The zero-order valence-corrected chi connectivity index (χ0v) is 11.3. The zero-order valence-electron chi connectivity index (χ0n) is 11.3. The molecule has 18 heavy (non-hydrogen) atoms. The third kappa shape index (κ3) is 2.23. The van der Waals surface area contributed by atoms with E-state index in [1.54, 1.807) is 4.63 Å². The zero-order chi connectivity index (χ0) is 13.3. The number of carbonyl (C=O) groups is 1. The summed E-state index contributed by atoms with van der Waals surface area (Å²) in [6, 6.07) is 1.99. The number of carbonyl (C=O) groups excluding carboxylic acids is 1. The molecule has 0 radical (unpaired) electrons. The Morgan fingerprint density at radius 3 is 2.83 bits per heavy atom. The van der Waals surface area contributed by atoms with Gasteiger partial charge < -0.3 is 9.88 Å². The normalized spacial score (nSPS) is 12.9. The molecule has 1 atom stereocenters. The molecule has 0 saturated carbocycles. The number of aryl methyl sites for hydroxylation is 2. The Morgan fingerprint density at radius 2 is 2.22 bits per heavy atom. The van der Waals surface area contributed by atoms with Gasteiger partial charge in [0.2, 0.25) is 5.91 Å². The van der Waals surface area contributed by atoms with Crippen LogP contribution in [0.15, 0.2) is 6.07 Å². The molecule has 1 N–H and O–H groups in total. The summed E-state index contributed by atoms with van der Waals surface area (Å²) in [5.41, 5.74) is 1.92. The maximum absolute atomic E-state index is 11.2. The summed E-state index contributed by atoms with van der Waals surface area (Å²) in [6.45, 7) is 6.43. The number of nitrogens with zero attached hydrogens (tertiary/aromatic N) is 4. The number of hydrogen-bond acceptors (Lipinski definition) is 3. The molecule has 0 aliphatic carbocycles. The van der Waals surface area contributed by atoms with E-state index < -0.39 is 0 Å². The fraction of sp³-hybridized carbons (Fsp3) is 0.583. The Morgan fingerprint density at radius 1 is 1.50 bits per heavy atom. The van der Waals surface area contributed by atoms with Gasteiger partial charge in [0, 0.05) is 32.0 Å². The molecule has 0 spiro atoms. The van der Waals surface area contributed by atoms with Gasteiger partial charge in [0.15, 0.2) is 5.65 Å². The van der Waals surface area contributed by atoms with Gasteiger partial charge in [0.05, 0.1) is 5.69 Å². The quantitative estimate of drug-likeness (QED) is 0.879. The molecule has 0 aliphatic heterocycles. The molecule has 2 heterocycles. The number of hydrogen-bond donors (Lipinski definition) is 1. The van der Waals surface area contributed by atoms with Crippen molar-refractivity contribution in [3.63, 3.8) is 0 Å². The highest BCUT2D eigenvalue weighted by molar-refractivity contribution is 5.75. The number of aromatic nitrogens is 4. The predicted molar refractivity (Wildman–Crippen MR) is 68.4 cm³/mol. The van der Waals surface area contributed by atoms with E-state index in [1.807, 2.05) is 38.5 Å². The van der Waals surface area contributed by atoms with Crippen LogP contribution in [0.1, 0.15) is 37.7 Å².